The molecular formula is C74H109N8O12S+. The van der Waals surface area contributed by atoms with Gasteiger partial charge in [-0.25, -0.2) is 9.78 Å². The molecule has 4 N–H and O–H groups in total. The molecule has 2 aliphatic heterocycles. The van der Waals surface area contributed by atoms with E-state index in [2.05, 4.69) is 41.6 Å². The minimum absolute atomic E-state index is 0.00458. The number of thiazole rings is 1. The van der Waals surface area contributed by atoms with E-state index in [9.17, 15) is 43.2 Å². The largest absolute Gasteiger partial charge is 0.379 e. The van der Waals surface area contributed by atoms with Gasteiger partial charge < -0.3 is 40.1 Å². The molecule has 0 bridgehead atoms. The van der Waals surface area contributed by atoms with Gasteiger partial charge in [0, 0.05) is 131 Å². The van der Waals surface area contributed by atoms with E-state index in [4.69, 9.17) is 15.2 Å². The van der Waals surface area contributed by atoms with Crippen LogP contribution in [0.15, 0.2) is 78.3 Å². The summed E-state index contributed by atoms with van der Waals surface area (Å²) in [6.07, 6.45) is 11.1. The fraction of sp³-hybridized carbons (Fsp3) is 0.635. The number of aromatic nitrogens is 1. The van der Waals surface area contributed by atoms with Gasteiger partial charge in [-0.3, -0.25) is 48.1 Å². The maximum absolute atomic E-state index is 15.1. The van der Waals surface area contributed by atoms with E-state index in [0.717, 1.165) is 29.0 Å². The van der Waals surface area contributed by atoms with Crippen LogP contribution in [-0.4, -0.2) is 168 Å². The number of carbonyl (C=O) groups excluding carboxylic acids is 10. The fourth-order valence-corrected chi connectivity index (χ4v) is 15.7. The summed E-state index contributed by atoms with van der Waals surface area (Å²) in [6, 6.07) is 15.4. The normalized spacial score (nSPS) is 18.3. The molecule has 2 aromatic carbocycles. The van der Waals surface area contributed by atoms with Gasteiger partial charge in [-0.05, 0) is 87.3 Å². The second-order valence-corrected chi connectivity index (χ2v) is 29.2. The molecule has 21 heteroatoms. The molecule has 3 aromatic rings. The Hall–Kier alpha value is -6.81. The molecule has 95 heavy (non-hydrogen) atoms. The average Bonchev–Trinajstić information content (AvgIpc) is 1.41. The second-order valence-electron chi connectivity index (χ2n) is 28.3. The van der Waals surface area contributed by atoms with Crippen molar-refractivity contribution in [3.05, 3.63) is 94.5 Å². The number of quaternary nitrogens is 1. The third-order valence-electron chi connectivity index (χ3n) is 20.5. The smallest absolute Gasteiger partial charge is 0.312 e. The number of nitrogens with one attached hydrogen (secondary N) is 2. The molecule has 20 nitrogen and oxygen atoms in total. The van der Waals surface area contributed by atoms with Crippen LogP contribution in [0.1, 0.15) is 180 Å². The van der Waals surface area contributed by atoms with Gasteiger partial charge in [-0.2, -0.15) is 0 Å². The van der Waals surface area contributed by atoms with E-state index >= 15 is 4.79 Å². The molecule has 3 aliphatic rings. The van der Waals surface area contributed by atoms with Gasteiger partial charge in [0.05, 0.1) is 55.2 Å². The number of nitrogens with zero attached hydrogens (tertiary/aromatic N) is 5. The summed E-state index contributed by atoms with van der Waals surface area (Å²) in [5, 5.41) is 8.40. The molecule has 3 heterocycles. The molecule has 0 radical (unpaired) electrons. The molecular weight excluding hydrogens is 1220 g/mol. The Kier molecular flexibility index (Phi) is 29.7. The van der Waals surface area contributed by atoms with Gasteiger partial charge in [0.25, 0.3) is 11.8 Å². The highest BCUT2D eigenvalue weighted by Gasteiger charge is 2.50. The average molecular weight is 1330 g/mol. The lowest BCUT2D eigenvalue weighted by molar-refractivity contribution is -0.922. The number of rotatable bonds is 42. The molecule has 1 aromatic heterocycles. The monoisotopic (exact) mass is 1330 g/mol. The van der Waals surface area contributed by atoms with Crippen molar-refractivity contribution in [2.24, 2.45) is 46.7 Å². The topological polar surface area (TPSA) is 262 Å². The molecule has 1 saturated carbocycles. The summed E-state index contributed by atoms with van der Waals surface area (Å²) in [6.45, 7) is 15.5. The van der Waals surface area contributed by atoms with Crippen molar-refractivity contribution in [2.75, 3.05) is 60.3 Å². The Bertz CT molecular complexity index is 3080. The van der Waals surface area contributed by atoms with Crippen LogP contribution in [0.2, 0.25) is 0 Å². The number of urea groups is 1. The molecule has 10 atom stereocenters. The van der Waals surface area contributed by atoms with E-state index in [1.807, 2.05) is 89.3 Å². The van der Waals surface area contributed by atoms with Gasteiger partial charge in [0.15, 0.2) is 11.8 Å². The Morgan fingerprint density at radius 2 is 1.46 bits per heavy atom. The van der Waals surface area contributed by atoms with E-state index in [1.54, 1.807) is 55.8 Å². The zero-order valence-electron chi connectivity index (χ0n) is 58.6. The molecule has 0 unspecified atom stereocenters. The predicted octanol–water partition coefficient (Wildman–Crippen LogP) is 10.5. The maximum Gasteiger partial charge on any atom is 0.312 e. The number of imide groups is 1. The number of primary amides is 1. The third-order valence-corrected chi connectivity index (χ3v) is 21.5. The Morgan fingerprint density at radius 1 is 0.789 bits per heavy atom. The lowest BCUT2D eigenvalue weighted by atomic mass is 9.61. The quantitative estimate of drug-likeness (QED) is 0.0207. The molecule has 7 amide bonds. The van der Waals surface area contributed by atoms with E-state index in [0.29, 0.717) is 89.5 Å². The van der Waals surface area contributed by atoms with Gasteiger partial charge in [-0.1, -0.05) is 117 Å². The van der Waals surface area contributed by atoms with Gasteiger partial charge in [0.1, 0.15) is 23.9 Å². The molecule has 1 saturated heterocycles. The Morgan fingerprint density at radius 3 is 2.04 bits per heavy atom. The van der Waals surface area contributed by atoms with Crippen molar-refractivity contribution in [2.45, 2.75) is 207 Å². The Balaban J connectivity index is 1.07. The second kappa shape index (κ2) is 36.5. The van der Waals surface area contributed by atoms with Crippen molar-refractivity contribution in [1.29, 1.82) is 0 Å². The summed E-state index contributed by atoms with van der Waals surface area (Å²) < 4.78 is 12.7. The first kappa shape index (κ1) is 77.2. The van der Waals surface area contributed by atoms with Crippen LogP contribution in [0.3, 0.4) is 0 Å². The summed E-state index contributed by atoms with van der Waals surface area (Å²) in [5.74, 6) is -4.18. The standard InChI is InChI=1S/C74H108N8O12S/c1-13-50(6)67(61(93-11)46-66(89)80-40-22-27-58(80)69(94-12)51(7)59(83)43-55(71-76-38-41-95-71)42-52-24-17-16-18-25-52)79(8)72(91)57(48(2)3)45-60(84)68(49(4)5)82(9,10)47-53-29-31-56(32-30-53)78-70(90)54(26-21-37-77-73(75)92)44-63(86)74(35-23-36-74)62(85)28-19-14-15-20-39-81-64(87)33-34-65(81)88/h16-18,24-25,29-34,38,41,48-51,54-55,57-58,61,67-69H,13-15,19-23,26-28,35-37,39-40,42-47H2,1-12H3,(H3-,75,77,78,90,92)/p+1/t50-,51-,54+,55+,57-,58-,61+,67-,68-,69+/m0/s1. The van der Waals surface area contributed by atoms with Crippen LogP contribution < -0.4 is 16.4 Å². The lowest BCUT2D eigenvalue weighted by Crippen LogP contribution is -2.56. The van der Waals surface area contributed by atoms with E-state index in [1.165, 1.54) is 17.1 Å². The number of likely N-dealkylation sites (N-methyl/N-ethyl adjacent to an activating group) is 2. The summed E-state index contributed by atoms with van der Waals surface area (Å²) in [5.41, 5.74) is 6.71. The van der Waals surface area contributed by atoms with Gasteiger partial charge in [0.2, 0.25) is 17.7 Å². The number of methoxy groups -OCH3 is 2. The maximum atomic E-state index is 15.1. The number of hydrogen-bond acceptors (Lipinski definition) is 14. The van der Waals surface area contributed by atoms with Crippen molar-refractivity contribution >= 4 is 75.7 Å². The number of ether oxygens (including phenoxy) is 2. The highest BCUT2D eigenvalue weighted by atomic mass is 32.1. The molecule has 2 fully saturated rings. The van der Waals surface area contributed by atoms with Crippen LogP contribution in [0.25, 0.3) is 0 Å². The fourth-order valence-electron chi connectivity index (χ4n) is 15.0. The lowest BCUT2D eigenvalue weighted by Gasteiger charge is -2.42. The van der Waals surface area contributed by atoms with Crippen LogP contribution in [0, 0.1) is 40.9 Å². The molecule has 522 valence electrons. The number of hydrogen-bond donors (Lipinski definition) is 3. The number of carbonyl (C=O) groups is 10. The van der Waals surface area contributed by atoms with Crippen LogP contribution in [0.4, 0.5) is 10.5 Å². The van der Waals surface area contributed by atoms with Crippen molar-refractivity contribution in [3.8, 4) is 0 Å². The number of anilines is 1. The number of ketones is 4. The van der Waals surface area contributed by atoms with Crippen molar-refractivity contribution < 1.29 is 61.9 Å². The van der Waals surface area contributed by atoms with Gasteiger partial charge >= 0.3 is 6.03 Å². The van der Waals surface area contributed by atoms with Crippen LogP contribution in [-0.2, 0) is 65.6 Å². The Labute approximate surface area is 568 Å². The summed E-state index contributed by atoms with van der Waals surface area (Å²) in [4.78, 5) is 146. The van der Waals surface area contributed by atoms with E-state index in [-0.39, 0.29) is 132 Å². The van der Waals surface area contributed by atoms with Crippen molar-refractivity contribution in [1.82, 2.24) is 25.0 Å². The predicted molar refractivity (Wildman–Crippen MR) is 368 cm³/mol. The van der Waals surface area contributed by atoms with E-state index < -0.39 is 53.5 Å². The number of benzene rings is 2. The van der Waals surface area contributed by atoms with Crippen molar-refractivity contribution in [3.63, 3.8) is 0 Å². The molecule has 6 rings (SSSR count). The zero-order valence-corrected chi connectivity index (χ0v) is 59.4. The summed E-state index contributed by atoms with van der Waals surface area (Å²) >= 11 is 1.55. The number of amides is 7. The third kappa shape index (κ3) is 20.9. The first-order valence-corrected chi connectivity index (χ1v) is 35.5. The number of Topliss-reactive ketones (excluding diaryl/α,β-unsaturated/α-hetero) is 4. The van der Waals surface area contributed by atoms with Crippen LogP contribution >= 0.6 is 11.3 Å². The zero-order chi connectivity index (χ0) is 69.7. The highest BCUT2D eigenvalue weighted by Crippen LogP contribution is 2.46. The van der Waals surface area contributed by atoms with Gasteiger partial charge in [-0.15, -0.1) is 11.3 Å². The summed E-state index contributed by atoms with van der Waals surface area (Å²) in [7, 11) is 8.98. The SMILES string of the molecule is CC[C@H](C)[C@@H]([C@@H](CC(=O)N1CCC[C@H]1[C@H](OC)[C@@H](C)C(=O)C[C@@H](Cc1ccccc1)c1nccs1)OC)N(C)C(=O)[C@@H](CC(=O)[C@H](C(C)C)[N+](C)(C)Cc1ccc(NC(=O)[C@H](CCCNC(N)=O)CC(=O)C2(C(=O)CCCCCCN3C(=O)C=CC3=O)CCC2)cc1)C(C)C. The van der Waals surface area contributed by atoms with Crippen LogP contribution in [0.5, 0.6) is 0 Å². The number of likely N-dealkylation sites (tertiary alicyclic amines) is 1. The molecule has 0 spiro atoms. The minimum Gasteiger partial charge on any atom is -0.379 e. The molecule has 1 aliphatic carbocycles. The minimum atomic E-state index is -1.14. The first-order valence-electron chi connectivity index (χ1n) is 34.6. The number of nitrogens with two attached hydrogens (primary N) is 1. The highest BCUT2D eigenvalue weighted by molar-refractivity contribution is 7.09. The number of unbranched alkanes of at least 4 members (excludes halogenated alkanes) is 3. The first-order chi connectivity index (χ1) is 45.2.